The molecule has 0 aliphatic heterocycles. The summed E-state index contributed by atoms with van der Waals surface area (Å²) in [6.07, 6.45) is 1.43. The first-order valence-corrected chi connectivity index (χ1v) is 6.25. The van der Waals surface area contributed by atoms with Crippen molar-refractivity contribution >= 4 is 11.9 Å². The fourth-order valence-corrected chi connectivity index (χ4v) is 1.70. The molecule has 106 valence electrons. The van der Waals surface area contributed by atoms with Crippen LogP contribution in [0.1, 0.15) is 40.5 Å². The summed E-state index contributed by atoms with van der Waals surface area (Å²) in [4.78, 5) is 22.7. The fraction of sp³-hybridized carbons (Fsp3) is 0.833. The number of hydrogen-bond donors (Lipinski definition) is 4. The molecule has 6 heteroatoms. The number of carbonyl (C=O) groups excluding carboxylic acids is 2. The lowest BCUT2D eigenvalue weighted by atomic mass is 9.99. The third-order valence-corrected chi connectivity index (χ3v) is 2.68. The Kier molecular flexibility index (Phi) is 6.68. The number of urea groups is 1. The van der Waals surface area contributed by atoms with Gasteiger partial charge in [-0.1, -0.05) is 27.2 Å². The second kappa shape index (κ2) is 7.20. The Labute approximate surface area is 108 Å². The number of nitrogens with one attached hydrogen (secondary N) is 2. The van der Waals surface area contributed by atoms with Crippen molar-refractivity contribution in [2.24, 2.45) is 11.7 Å². The fourth-order valence-electron chi connectivity index (χ4n) is 1.70. The predicted octanol–water partition coefficient (Wildman–Crippen LogP) is 0.347. The molecule has 0 aromatic rings. The minimum absolute atomic E-state index is 0.0753. The Morgan fingerprint density at radius 1 is 1.39 bits per heavy atom. The average Bonchev–Trinajstić information content (AvgIpc) is 2.22. The van der Waals surface area contributed by atoms with E-state index in [1.807, 2.05) is 20.8 Å². The monoisotopic (exact) mass is 259 g/mol. The van der Waals surface area contributed by atoms with Crippen LogP contribution in [0.15, 0.2) is 0 Å². The lowest BCUT2D eigenvalue weighted by molar-refractivity contribution is -0.125. The summed E-state index contributed by atoms with van der Waals surface area (Å²) in [5.74, 6) is -0.409. The lowest BCUT2D eigenvalue weighted by Crippen LogP contribution is -2.53. The van der Waals surface area contributed by atoms with Crippen LogP contribution in [0.4, 0.5) is 4.79 Å². The van der Waals surface area contributed by atoms with Crippen LogP contribution in [-0.2, 0) is 4.79 Å². The summed E-state index contributed by atoms with van der Waals surface area (Å²) in [5.41, 5.74) is 4.09. The number of carbonyl (C=O) groups is 2. The zero-order valence-corrected chi connectivity index (χ0v) is 11.6. The van der Waals surface area contributed by atoms with Crippen LogP contribution in [0.3, 0.4) is 0 Å². The van der Waals surface area contributed by atoms with Crippen molar-refractivity contribution in [1.82, 2.24) is 10.6 Å². The van der Waals surface area contributed by atoms with Crippen LogP contribution in [0.2, 0.25) is 0 Å². The number of aliphatic hydroxyl groups is 1. The molecule has 0 fully saturated rings. The maximum atomic E-state index is 11.9. The lowest BCUT2D eigenvalue weighted by Gasteiger charge is -2.26. The molecule has 5 N–H and O–H groups in total. The molecule has 0 aromatic heterocycles. The smallest absolute Gasteiger partial charge is 0.312 e. The van der Waals surface area contributed by atoms with Crippen molar-refractivity contribution in [3.05, 3.63) is 0 Å². The Balaban J connectivity index is 4.39. The quantitative estimate of drug-likeness (QED) is 0.530. The highest BCUT2D eigenvalue weighted by atomic mass is 16.3. The van der Waals surface area contributed by atoms with Crippen molar-refractivity contribution in [2.45, 2.75) is 52.2 Å². The SMILES string of the molecule is CCCC(C)(O)CNC(=O)C(NC(N)=O)C(C)C. The van der Waals surface area contributed by atoms with Crippen molar-refractivity contribution in [3.63, 3.8) is 0 Å². The molecule has 2 unspecified atom stereocenters. The highest BCUT2D eigenvalue weighted by Crippen LogP contribution is 2.10. The van der Waals surface area contributed by atoms with E-state index in [1.165, 1.54) is 0 Å². The second-order valence-corrected chi connectivity index (χ2v) is 5.20. The molecule has 2 atom stereocenters. The summed E-state index contributed by atoms with van der Waals surface area (Å²) in [7, 11) is 0. The maximum absolute atomic E-state index is 11.9. The van der Waals surface area contributed by atoms with Crippen molar-refractivity contribution in [1.29, 1.82) is 0 Å². The normalized spacial score (nSPS) is 15.9. The van der Waals surface area contributed by atoms with Gasteiger partial charge in [0.25, 0.3) is 0 Å². The van der Waals surface area contributed by atoms with Gasteiger partial charge >= 0.3 is 6.03 Å². The molecule has 0 saturated carbocycles. The van der Waals surface area contributed by atoms with Gasteiger partial charge in [0.1, 0.15) is 6.04 Å². The van der Waals surface area contributed by atoms with Gasteiger partial charge in [-0.2, -0.15) is 0 Å². The van der Waals surface area contributed by atoms with Gasteiger partial charge < -0.3 is 21.5 Å². The minimum atomic E-state index is -0.932. The van der Waals surface area contributed by atoms with Gasteiger partial charge in [-0.05, 0) is 19.3 Å². The minimum Gasteiger partial charge on any atom is -0.388 e. The Morgan fingerprint density at radius 3 is 2.33 bits per heavy atom. The topological polar surface area (TPSA) is 104 Å². The van der Waals surface area contributed by atoms with Gasteiger partial charge in [-0.25, -0.2) is 4.79 Å². The molecule has 6 nitrogen and oxygen atoms in total. The molecule has 3 amide bonds. The molecule has 0 radical (unpaired) electrons. The van der Waals surface area contributed by atoms with E-state index in [9.17, 15) is 14.7 Å². The highest BCUT2D eigenvalue weighted by molar-refractivity contribution is 5.86. The molecule has 18 heavy (non-hydrogen) atoms. The molecule has 0 spiro atoms. The van der Waals surface area contributed by atoms with Crippen LogP contribution in [-0.4, -0.2) is 35.2 Å². The number of rotatable bonds is 7. The summed E-state index contributed by atoms with van der Waals surface area (Å²) in [6, 6.07) is -1.41. The van der Waals surface area contributed by atoms with Gasteiger partial charge in [0.05, 0.1) is 5.60 Å². The summed E-state index contributed by atoms with van der Waals surface area (Å²) in [5, 5.41) is 15.0. The number of nitrogens with two attached hydrogens (primary N) is 1. The van der Waals surface area contributed by atoms with Crippen LogP contribution >= 0.6 is 0 Å². The van der Waals surface area contributed by atoms with E-state index >= 15 is 0 Å². The van der Waals surface area contributed by atoms with Crippen LogP contribution < -0.4 is 16.4 Å². The first-order chi connectivity index (χ1) is 8.19. The van der Waals surface area contributed by atoms with E-state index in [2.05, 4.69) is 10.6 Å². The Morgan fingerprint density at radius 2 is 1.94 bits per heavy atom. The molecule has 0 rings (SSSR count). The third kappa shape index (κ3) is 6.44. The van der Waals surface area contributed by atoms with E-state index in [4.69, 9.17) is 5.73 Å². The summed E-state index contributed by atoms with van der Waals surface area (Å²) < 4.78 is 0. The van der Waals surface area contributed by atoms with E-state index < -0.39 is 17.7 Å². The van der Waals surface area contributed by atoms with Crippen LogP contribution in [0.25, 0.3) is 0 Å². The van der Waals surface area contributed by atoms with Gasteiger partial charge in [0.2, 0.25) is 5.91 Å². The maximum Gasteiger partial charge on any atom is 0.312 e. The van der Waals surface area contributed by atoms with Crippen LogP contribution in [0.5, 0.6) is 0 Å². The standard InChI is InChI=1S/C12H25N3O3/c1-5-6-12(4,18)7-14-10(16)9(8(2)3)15-11(13)17/h8-9,18H,5-7H2,1-4H3,(H,14,16)(H3,13,15,17). The Bertz CT molecular complexity index is 290. The molecule has 0 saturated heterocycles. The van der Waals surface area contributed by atoms with Crippen LogP contribution in [0, 0.1) is 5.92 Å². The average molecular weight is 259 g/mol. The van der Waals surface area contributed by atoms with Gasteiger partial charge in [0, 0.05) is 6.54 Å². The first-order valence-electron chi connectivity index (χ1n) is 6.25. The van der Waals surface area contributed by atoms with Crippen molar-refractivity contribution < 1.29 is 14.7 Å². The second-order valence-electron chi connectivity index (χ2n) is 5.20. The highest BCUT2D eigenvalue weighted by Gasteiger charge is 2.26. The summed E-state index contributed by atoms with van der Waals surface area (Å²) in [6.45, 7) is 7.41. The molecule has 0 aliphatic carbocycles. The van der Waals surface area contributed by atoms with Crippen molar-refractivity contribution in [3.8, 4) is 0 Å². The van der Waals surface area contributed by atoms with E-state index in [0.29, 0.717) is 6.42 Å². The molecule has 0 aliphatic rings. The zero-order chi connectivity index (χ0) is 14.3. The largest absolute Gasteiger partial charge is 0.388 e. The molecule has 0 bridgehead atoms. The molecular weight excluding hydrogens is 234 g/mol. The number of primary amides is 1. The van der Waals surface area contributed by atoms with E-state index in [1.54, 1.807) is 6.92 Å². The Hall–Kier alpha value is -1.30. The van der Waals surface area contributed by atoms with Gasteiger partial charge in [-0.3, -0.25) is 4.79 Å². The first kappa shape index (κ1) is 16.7. The third-order valence-electron chi connectivity index (χ3n) is 2.68. The van der Waals surface area contributed by atoms with E-state index in [-0.39, 0.29) is 18.4 Å². The van der Waals surface area contributed by atoms with E-state index in [0.717, 1.165) is 6.42 Å². The van der Waals surface area contributed by atoms with Gasteiger partial charge in [-0.15, -0.1) is 0 Å². The van der Waals surface area contributed by atoms with Gasteiger partial charge in [0.15, 0.2) is 0 Å². The zero-order valence-electron chi connectivity index (χ0n) is 11.6. The van der Waals surface area contributed by atoms with Crippen molar-refractivity contribution in [2.75, 3.05) is 6.54 Å². The number of amides is 3. The molecule has 0 heterocycles. The summed E-state index contributed by atoms with van der Waals surface area (Å²) >= 11 is 0. The molecular formula is C12H25N3O3. The number of hydrogen-bond acceptors (Lipinski definition) is 3. The predicted molar refractivity (Wildman–Crippen MR) is 69.9 cm³/mol. The molecule has 0 aromatic carbocycles.